The SMILES string of the molecule is CCC(C)CNc1cc(C)nc2ccccc12. The van der Waals surface area contributed by atoms with Gasteiger partial charge < -0.3 is 5.32 Å². The van der Waals surface area contributed by atoms with Crippen molar-refractivity contribution < 1.29 is 0 Å². The first-order valence-corrected chi connectivity index (χ1v) is 6.31. The molecule has 2 rings (SSSR count). The van der Waals surface area contributed by atoms with E-state index < -0.39 is 0 Å². The van der Waals surface area contributed by atoms with Crippen LogP contribution in [0.1, 0.15) is 26.0 Å². The minimum absolute atomic E-state index is 0.697. The van der Waals surface area contributed by atoms with Gasteiger partial charge >= 0.3 is 0 Å². The summed E-state index contributed by atoms with van der Waals surface area (Å²) in [5, 5.41) is 4.75. The van der Waals surface area contributed by atoms with E-state index in [1.54, 1.807) is 0 Å². The number of aryl methyl sites for hydroxylation is 1. The van der Waals surface area contributed by atoms with Crippen LogP contribution in [0.4, 0.5) is 5.69 Å². The first-order valence-electron chi connectivity index (χ1n) is 6.31. The molecule has 1 atom stereocenters. The molecule has 0 bridgehead atoms. The van der Waals surface area contributed by atoms with Gasteiger partial charge in [0.2, 0.25) is 0 Å². The number of benzene rings is 1. The van der Waals surface area contributed by atoms with Crippen molar-refractivity contribution in [3.8, 4) is 0 Å². The summed E-state index contributed by atoms with van der Waals surface area (Å²) < 4.78 is 0. The topological polar surface area (TPSA) is 24.9 Å². The van der Waals surface area contributed by atoms with Crippen molar-refractivity contribution in [2.45, 2.75) is 27.2 Å². The third-order valence-corrected chi connectivity index (χ3v) is 3.18. The maximum atomic E-state index is 4.54. The van der Waals surface area contributed by atoms with Gasteiger partial charge in [0.15, 0.2) is 0 Å². The molecule has 17 heavy (non-hydrogen) atoms. The number of aromatic nitrogens is 1. The first kappa shape index (κ1) is 11.9. The van der Waals surface area contributed by atoms with Gasteiger partial charge in [-0.25, -0.2) is 0 Å². The number of nitrogens with one attached hydrogen (secondary N) is 1. The van der Waals surface area contributed by atoms with Gasteiger partial charge in [0.05, 0.1) is 5.52 Å². The summed E-state index contributed by atoms with van der Waals surface area (Å²) in [7, 11) is 0. The van der Waals surface area contributed by atoms with Crippen molar-refractivity contribution in [2.75, 3.05) is 11.9 Å². The first-order chi connectivity index (χ1) is 8.20. The molecule has 90 valence electrons. The molecule has 0 aliphatic heterocycles. The van der Waals surface area contributed by atoms with Crippen molar-refractivity contribution in [3.05, 3.63) is 36.0 Å². The lowest BCUT2D eigenvalue weighted by Gasteiger charge is -2.14. The molecule has 0 fully saturated rings. The van der Waals surface area contributed by atoms with Crippen molar-refractivity contribution in [1.82, 2.24) is 4.98 Å². The Bertz CT molecular complexity index is 505. The zero-order valence-corrected chi connectivity index (χ0v) is 10.8. The van der Waals surface area contributed by atoms with Crippen LogP contribution in [0.3, 0.4) is 0 Å². The van der Waals surface area contributed by atoms with Crippen LogP contribution < -0.4 is 5.32 Å². The van der Waals surface area contributed by atoms with E-state index >= 15 is 0 Å². The summed E-state index contributed by atoms with van der Waals surface area (Å²) in [5.41, 5.74) is 3.34. The standard InChI is InChI=1S/C15H20N2/c1-4-11(2)10-16-15-9-12(3)17-14-8-6-5-7-13(14)15/h5-9,11H,4,10H2,1-3H3,(H,16,17). The van der Waals surface area contributed by atoms with Gasteiger partial charge in [-0.05, 0) is 25.0 Å². The Morgan fingerprint density at radius 1 is 1.29 bits per heavy atom. The maximum Gasteiger partial charge on any atom is 0.0725 e. The highest BCUT2D eigenvalue weighted by molar-refractivity contribution is 5.91. The molecule has 1 N–H and O–H groups in total. The number of hydrogen-bond donors (Lipinski definition) is 1. The summed E-state index contributed by atoms with van der Waals surface area (Å²) in [6.07, 6.45) is 1.20. The van der Waals surface area contributed by atoms with Crippen LogP contribution in [0, 0.1) is 12.8 Å². The van der Waals surface area contributed by atoms with Crippen LogP contribution in [-0.4, -0.2) is 11.5 Å². The second-order valence-electron chi connectivity index (χ2n) is 4.72. The summed E-state index contributed by atoms with van der Waals surface area (Å²) >= 11 is 0. The molecule has 0 amide bonds. The minimum Gasteiger partial charge on any atom is -0.384 e. The molecule has 1 unspecified atom stereocenters. The maximum absolute atomic E-state index is 4.54. The highest BCUT2D eigenvalue weighted by atomic mass is 14.9. The lowest BCUT2D eigenvalue weighted by molar-refractivity contribution is 0.594. The zero-order chi connectivity index (χ0) is 12.3. The normalized spacial score (nSPS) is 12.6. The molecule has 0 radical (unpaired) electrons. The van der Waals surface area contributed by atoms with E-state index in [-0.39, 0.29) is 0 Å². The van der Waals surface area contributed by atoms with Gasteiger partial charge in [0.1, 0.15) is 0 Å². The molecule has 1 aromatic heterocycles. The molecule has 0 saturated heterocycles. The van der Waals surface area contributed by atoms with Crippen molar-refractivity contribution in [1.29, 1.82) is 0 Å². The molecule has 2 aromatic rings. The summed E-state index contributed by atoms with van der Waals surface area (Å²) in [6, 6.07) is 10.4. The Hall–Kier alpha value is -1.57. The number of pyridine rings is 1. The van der Waals surface area contributed by atoms with Crippen molar-refractivity contribution in [3.63, 3.8) is 0 Å². The second kappa shape index (κ2) is 5.17. The van der Waals surface area contributed by atoms with Crippen LogP contribution in [0.5, 0.6) is 0 Å². The third-order valence-electron chi connectivity index (χ3n) is 3.18. The van der Waals surface area contributed by atoms with Gasteiger partial charge in [-0.1, -0.05) is 38.5 Å². The van der Waals surface area contributed by atoms with E-state index in [0.717, 1.165) is 17.8 Å². The summed E-state index contributed by atoms with van der Waals surface area (Å²) in [6.45, 7) is 7.55. The molecule has 0 aliphatic rings. The quantitative estimate of drug-likeness (QED) is 0.855. The number of anilines is 1. The van der Waals surface area contributed by atoms with Crippen molar-refractivity contribution >= 4 is 16.6 Å². The molecule has 0 spiro atoms. The number of nitrogens with zero attached hydrogens (tertiary/aromatic N) is 1. The van der Waals surface area contributed by atoms with E-state index in [1.807, 2.05) is 13.0 Å². The lowest BCUT2D eigenvalue weighted by atomic mass is 10.1. The third kappa shape index (κ3) is 2.76. The minimum atomic E-state index is 0.697. The molecule has 2 heteroatoms. The fourth-order valence-corrected chi connectivity index (χ4v) is 1.88. The van der Waals surface area contributed by atoms with Crippen LogP contribution >= 0.6 is 0 Å². The number of hydrogen-bond acceptors (Lipinski definition) is 2. The van der Waals surface area contributed by atoms with Crippen LogP contribution in [0.25, 0.3) is 10.9 Å². The monoisotopic (exact) mass is 228 g/mol. The van der Waals surface area contributed by atoms with Crippen LogP contribution in [0.15, 0.2) is 30.3 Å². The van der Waals surface area contributed by atoms with Gasteiger partial charge in [-0.15, -0.1) is 0 Å². The molecule has 0 saturated carbocycles. The van der Waals surface area contributed by atoms with Crippen molar-refractivity contribution in [2.24, 2.45) is 5.92 Å². The van der Waals surface area contributed by atoms with Gasteiger partial charge in [0.25, 0.3) is 0 Å². The Balaban J connectivity index is 2.32. The fourth-order valence-electron chi connectivity index (χ4n) is 1.88. The molecule has 2 nitrogen and oxygen atoms in total. The van der Waals surface area contributed by atoms with Gasteiger partial charge in [0, 0.05) is 23.3 Å². The predicted octanol–water partition coefficient (Wildman–Crippen LogP) is 4.00. The Morgan fingerprint density at radius 2 is 2.06 bits per heavy atom. The van der Waals surface area contributed by atoms with Crippen LogP contribution in [0.2, 0.25) is 0 Å². The second-order valence-corrected chi connectivity index (χ2v) is 4.72. The number of fused-ring (bicyclic) bond motifs is 1. The Labute approximate surface area is 103 Å². The fraction of sp³-hybridized carbons (Fsp3) is 0.400. The smallest absolute Gasteiger partial charge is 0.0725 e. The molecule has 0 aliphatic carbocycles. The highest BCUT2D eigenvalue weighted by Crippen LogP contribution is 2.23. The van der Waals surface area contributed by atoms with E-state index in [4.69, 9.17) is 0 Å². The molecule has 1 aromatic carbocycles. The Morgan fingerprint density at radius 3 is 2.82 bits per heavy atom. The molecule has 1 heterocycles. The summed E-state index contributed by atoms with van der Waals surface area (Å²) in [5.74, 6) is 0.697. The zero-order valence-electron chi connectivity index (χ0n) is 10.8. The lowest BCUT2D eigenvalue weighted by Crippen LogP contribution is -2.10. The van der Waals surface area contributed by atoms with Gasteiger partial charge in [-0.2, -0.15) is 0 Å². The summed E-state index contributed by atoms with van der Waals surface area (Å²) in [4.78, 5) is 4.54. The van der Waals surface area contributed by atoms with E-state index in [1.165, 1.54) is 17.5 Å². The average Bonchev–Trinajstić information content (AvgIpc) is 2.35. The van der Waals surface area contributed by atoms with E-state index in [2.05, 4.69) is 48.4 Å². The van der Waals surface area contributed by atoms with E-state index in [9.17, 15) is 0 Å². The molecular formula is C15H20N2. The van der Waals surface area contributed by atoms with Gasteiger partial charge in [-0.3, -0.25) is 4.98 Å². The number of para-hydroxylation sites is 1. The largest absolute Gasteiger partial charge is 0.384 e. The molecular weight excluding hydrogens is 208 g/mol. The van der Waals surface area contributed by atoms with E-state index in [0.29, 0.717) is 5.92 Å². The Kier molecular flexibility index (Phi) is 3.62. The average molecular weight is 228 g/mol. The predicted molar refractivity (Wildman–Crippen MR) is 74.4 cm³/mol. The number of rotatable bonds is 4. The van der Waals surface area contributed by atoms with Crippen LogP contribution in [-0.2, 0) is 0 Å². The highest BCUT2D eigenvalue weighted by Gasteiger charge is 2.04.